The highest BCUT2D eigenvalue weighted by Crippen LogP contribution is 2.30. The second-order valence-electron chi connectivity index (χ2n) is 8.19. The molecule has 1 unspecified atom stereocenters. The van der Waals surface area contributed by atoms with Gasteiger partial charge in [0.15, 0.2) is 0 Å². The van der Waals surface area contributed by atoms with Gasteiger partial charge >= 0.3 is 0 Å². The number of aliphatic hydroxyl groups is 1. The molecule has 0 aliphatic carbocycles. The minimum atomic E-state index is -0.291. The second kappa shape index (κ2) is 9.29. The lowest BCUT2D eigenvalue weighted by molar-refractivity contribution is 0.263. The summed E-state index contributed by atoms with van der Waals surface area (Å²) >= 11 is 0. The molecule has 34 heavy (non-hydrogen) atoms. The number of fused-ring (bicyclic) bond motifs is 1. The second-order valence-corrected chi connectivity index (χ2v) is 8.19. The summed E-state index contributed by atoms with van der Waals surface area (Å²) in [6.45, 7) is 1.93. The summed E-state index contributed by atoms with van der Waals surface area (Å²) in [6.07, 6.45) is 7.40. The molecule has 5 rings (SSSR count). The number of aryl methyl sites for hydroxylation is 1. The Labute approximate surface area is 195 Å². The number of H-pyrrole nitrogens is 3. The Morgan fingerprint density at radius 2 is 1.94 bits per heavy atom. The van der Waals surface area contributed by atoms with E-state index >= 15 is 0 Å². The number of hydrogen-bond donors (Lipinski definition) is 4. The maximum atomic E-state index is 12.8. The third-order valence-corrected chi connectivity index (χ3v) is 5.72. The van der Waals surface area contributed by atoms with Crippen molar-refractivity contribution in [1.82, 2.24) is 24.9 Å². The van der Waals surface area contributed by atoms with Crippen molar-refractivity contribution in [3.05, 3.63) is 88.6 Å². The maximum absolute atomic E-state index is 12.8. The van der Waals surface area contributed by atoms with Gasteiger partial charge in [-0.25, -0.2) is 9.97 Å². The van der Waals surface area contributed by atoms with E-state index in [1.807, 2.05) is 49.4 Å². The summed E-state index contributed by atoms with van der Waals surface area (Å²) in [5, 5.41) is 9.85. The van der Waals surface area contributed by atoms with E-state index in [0.29, 0.717) is 23.5 Å². The molecule has 4 N–H and O–H groups in total. The molecule has 5 aromatic rings. The third kappa shape index (κ3) is 4.31. The lowest BCUT2D eigenvalue weighted by Gasteiger charge is -2.09. The van der Waals surface area contributed by atoms with Crippen LogP contribution in [0.15, 0.2) is 76.9 Å². The van der Waals surface area contributed by atoms with Gasteiger partial charge in [0.1, 0.15) is 17.2 Å². The fourth-order valence-electron chi connectivity index (χ4n) is 4.04. The number of rotatable bonds is 7. The third-order valence-electron chi connectivity index (χ3n) is 5.72. The SMILES string of the molecule is Cc1cc(-c2ncc[nH]2)cc2[nH]c(-c3c(N=CC(CO)Cc4ccccc4)cc[nH]c3=O)nc12. The van der Waals surface area contributed by atoms with Crippen LogP contribution in [0.5, 0.6) is 0 Å². The van der Waals surface area contributed by atoms with Crippen LogP contribution < -0.4 is 5.56 Å². The molecule has 0 aliphatic rings. The predicted octanol–water partition coefficient (Wildman–Crippen LogP) is 4.17. The van der Waals surface area contributed by atoms with E-state index < -0.39 is 0 Å². The topological polar surface area (TPSA) is 123 Å². The molecule has 0 saturated heterocycles. The first kappa shape index (κ1) is 21.5. The number of aromatic amines is 3. The summed E-state index contributed by atoms with van der Waals surface area (Å²) in [4.78, 5) is 35.5. The zero-order chi connectivity index (χ0) is 23.5. The summed E-state index contributed by atoms with van der Waals surface area (Å²) in [5.41, 5.74) is 5.13. The quantitative estimate of drug-likeness (QED) is 0.277. The fourth-order valence-corrected chi connectivity index (χ4v) is 4.04. The van der Waals surface area contributed by atoms with E-state index in [0.717, 1.165) is 33.5 Å². The van der Waals surface area contributed by atoms with Crippen molar-refractivity contribution in [2.24, 2.45) is 10.9 Å². The molecule has 8 heteroatoms. The van der Waals surface area contributed by atoms with Crippen LogP contribution in [0.3, 0.4) is 0 Å². The normalized spacial score (nSPS) is 12.5. The minimum Gasteiger partial charge on any atom is -0.396 e. The average Bonchev–Trinajstić information content (AvgIpc) is 3.53. The molecular weight excluding hydrogens is 428 g/mol. The first-order valence-electron chi connectivity index (χ1n) is 11.0. The number of aromatic nitrogens is 5. The summed E-state index contributed by atoms with van der Waals surface area (Å²) in [7, 11) is 0. The number of aliphatic imine (C=N–C) groups is 1. The van der Waals surface area contributed by atoms with E-state index in [1.165, 1.54) is 0 Å². The van der Waals surface area contributed by atoms with Crippen LogP contribution in [0.25, 0.3) is 33.8 Å². The first-order chi connectivity index (χ1) is 16.6. The Morgan fingerprint density at radius 1 is 1.09 bits per heavy atom. The van der Waals surface area contributed by atoms with Gasteiger partial charge in [-0.1, -0.05) is 30.3 Å². The van der Waals surface area contributed by atoms with Crippen LogP contribution >= 0.6 is 0 Å². The van der Waals surface area contributed by atoms with Crippen molar-refractivity contribution in [1.29, 1.82) is 0 Å². The Bertz CT molecular complexity index is 1500. The van der Waals surface area contributed by atoms with Gasteiger partial charge in [-0.05, 0) is 42.7 Å². The Hall–Kier alpha value is -4.30. The van der Waals surface area contributed by atoms with Crippen molar-refractivity contribution in [2.75, 3.05) is 6.61 Å². The lowest BCUT2D eigenvalue weighted by Crippen LogP contribution is -2.12. The zero-order valence-corrected chi connectivity index (χ0v) is 18.6. The molecule has 0 radical (unpaired) electrons. The number of nitrogens with zero attached hydrogens (tertiary/aromatic N) is 3. The molecule has 0 spiro atoms. The summed E-state index contributed by atoms with van der Waals surface area (Å²) < 4.78 is 0. The zero-order valence-electron chi connectivity index (χ0n) is 18.6. The van der Waals surface area contributed by atoms with Crippen LogP contribution in [0, 0.1) is 12.8 Å². The van der Waals surface area contributed by atoms with Crippen LogP contribution in [0.2, 0.25) is 0 Å². The van der Waals surface area contributed by atoms with E-state index in [1.54, 1.807) is 30.9 Å². The molecule has 3 heterocycles. The molecular formula is C26H24N6O2. The lowest BCUT2D eigenvalue weighted by atomic mass is 10.0. The monoisotopic (exact) mass is 452 g/mol. The summed E-state index contributed by atoms with van der Waals surface area (Å²) in [5.74, 6) is 1.02. The molecule has 1 atom stereocenters. The van der Waals surface area contributed by atoms with Gasteiger partial charge in [0, 0.05) is 36.3 Å². The predicted molar refractivity (Wildman–Crippen MR) is 133 cm³/mol. The van der Waals surface area contributed by atoms with Crippen LogP contribution in [0.1, 0.15) is 11.1 Å². The van der Waals surface area contributed by atoms with Crippen LogP contribution in [0.4, 0.5) is 5.69 Å². The van der Waals surface area contributed by atoms with Crippen LogP contribution in [-0.4, -0.2) is 42.8 Å². The summed E-state index contributed by atoms with van der Waals surface area (Å²) in [6, 6.07) is 15.6. The minimum absolute atomic E-state index is 0.0453. The molecule has 0 amide bonds. The maximum Gasteiger partial charge on any atom is 0.261 e. The highest BCUT2D eigenvalue weighted by Gasteiger charge is 2.16. The highest BCUT2D eigenvalue weighted by atomic mass is 16.3. The number of aliphatic hydroxyl groups excluding tert-OH is 1. The van der Waals surface area contributed by atoms with Gasteiger partial charge in [-0.15, -0.1) is 0 Å². The molecule has 0 fully saturated rings. The van der Waals surface area contributed by atoms with Crippen molar-refractivity contribution >= 4 is 22.9 Å². The molecule has 0 saturated carbocycles. The number of pyridine rings is 1. The number of hydrogen-bond acceptors (Lipinski definition) is 5. The van der Waals surface area contributed by atoms with Gasteiger partial charge in [0.25, 0.3) is 5.56 Å². The standard InChI is InChI=1S/C26H24N6O2/c1-16-11-19(24-27-9-10-28-24)13-21-23(16)32-25(31-21)22-20(7-8-29-26(22)34)30-14-18(15-33)12-17-5-3-2-4-6-17/h2-11,13-14,18,33H,12,15H2,1H3,(H,27,28)(H,29,34)(H,31,32). The van der Waals surface area contributed by atoms with E-state index in [2.05, 4.69) is 24.9 Å². The van der Waals surface area contributed by atoms with Gasteiger partial charge < -0.3 is 20.1 Å². The van der Waals surface area contributed by atoms with Crippen molar-refractivity contribution in [3.8, 4) is 22.8 Å². The molecule has 2 aromatic carbocycles. The molecule has 3 aromatic heterocycles. The van der Waals surface area contributed by atoms with Crippen molar-refractivity contribution in [3.63, 3.8) is 0 Å². The Kier molecular flexibility index (Phi) is 5.88. The van der Waals surface area contributed by atoms with Crippen molar-refractivity contribution < 1.29 is 5.11 Å². The van der Waals surface area contributed by atoms with E-state index in [-0.39, 0.29) is 18.1 Å². The van der Waals surface area contributed by atoms with E-state index in [4.69, 9.17) is 4.98 Å². The number of benzene rings is 2. The Morgan fingerprint density at radius 3 is 2.71 bits per heavy atom. The molecule has 0 aliphatic heterocycles. The fraction of sp³-hybridized carbons (Fsp3) is 0.154. The van der Waals surface area contributed by atoms with Crippen LogP contribution in [-0.2, 0) is 6.42 Å². The molecule has 170 valence electrons. The molecule has 8 nitrogen and oxygen atoms in total. The van der Waals surface area contributed by atoms with Gasteiger partial charge in [0.05, 0.1) is 23.3 Å². The largest absolute Gasteiger partial charge is 0.396 e. The smallest absolute Gasteiger partial charge is 0.261 e. The van der Waals surface area contributed by atoms with Gasteiger partial charge in [-0.3, -0.25) is 9.79 Å². The average molecular weight is 453 g/mol. The van der Waals surface area contributed by atoms with E-state index in [9.17, 15) is 9.90 Å². The van der Waals surface area contributed by atoms with Crippen molar-refractivity contribution in [2.45, 2.75) is 13.3 Å². The molecule has 0 bridgehead atoms. The number of imidazole rings is 2. The van der Waals surface area contributed by atoms with Gasteiger partial charge in [-0.2, -0.15) is 0 Å². The first-order valence-corrected chi connectivity index (χ1v) is 11.0. The highest BCUT2D eigenvalue weighted by molar-refractivity contribution is 5.88. The number of nitrogens with one attached hydrogen (secondary N) is 3. The Balaban J connectivity index is 1.51. The van der Waals surface area contributed by atoms with Gasteiger partial charge in [0.2, 0.25) is 0 Å².